The van der Waals surface area contributed by atoms with Gasteiger partial charge in [0.15, 0.2) is 11.0 Å². The van der Waals surface area contributed by atoms with Crippen LogP contribution in [0.15, 0.2) is 41.6 Å². The van der Waals surface area contributed by atoms with Crippen molar-refractivity contribution >= 4 is 40.9 Å². The zero-order valence-corrected chi connectivity index (χ0v) is 20.6. The van der Waals surface area contributed by atoms with E-state index in [-0.39, 0.29) is 17.7 Å². The van der Waals surface area contributed by atoms with Gasteiger partial charge in [-0.25, -0.2) is 0 Å². The molecule has 1 aliphatic carbocycles. The lowest BCUT2D eigenvalue weighted by Crippen LogP contribution is -2.33. The minimum Gasteiger partial charge on any atom is -0.496 e. The standard InChI is InChI=1S/C23H24Cl2N4O3S/c1-31-19-9-7-14(24)11-17(19)22-27-28-23(33-13-21(30)26-15-5-3-4-6-15)29(22)16-8-10-20(32-2)18(25)12-16/h7-12,15H,3-6,13H2,1-2H3,(H,26,30). The quantitative estimate of drug-likeness (QED) is 0.411. The molecule has 1 fully saturated rings. The molecule has 0 unspecified atom stereocenters. The molecule has 3 aromatic rings. The van der Waals surface area contributed by atoms with Crippen LogP contribution in [0.1, 0.15) is 25.7 Å². The fraction of sp³-hybridized carbons (Fsp3) is 0.348. The van der Waals surface area contributed by atoms with Crippen LogP contribution >= 0.6 is 35.0 Å². The summed E-state index contributed by atoms with van der Waals surface area (Å²) in [5.74, 6) is 1.89. The number of benzene rings is 2. The van der Waals surface area contributed by atoms with Crippen LogP contribution in [0.4, 0.5) is 0 Å². The fourth-order valence-electron chi connectivity index (χ4n) is 3.89. The van der Waals surface area contributed by atoms with Crippen LogP contribution in [0.2, 0.25) is 10.0 Å². The van der Waals surface area contributed by atoms with Crippen molar-refractivity contribution in [2.45, 2.75) is 36.9 Å². The molecular formula is C23H24Cl2N4O3S. The Morgan fingerprint density at radius 1 is 1.09 bits per heavy atom. The lowest BCUT2D eigenvalue weighted by atomic mass is 10.2. The highest BCUT2D eigenvalue weighted by atomic mass is 35.5. The molecule has 0 saturated heterocycles. The van der Waals surface area contributed by atoms with Gasteiger partial charge >= 0.3 is 0 Å². The number of carbonyl (C=O) groups excluding carboxylic acids is 1. The van der Waals surface area contributed by atoms with E-state index in [0.717, 1.165) is 31.4 Å². The fourth-order valence-corrected chi connectivity index (χ4v) is 5.08. The zero-order valence-electron chi connectivity index (χ0n) is 18.3. The Kier molecular flexibility index (Phi) is 7.67. The summed E-state index contributed by atoms with van der Waals surface area (Å²) in [5, 5.41) is 13.4. The van der Waals surface area contributed by atoms with Crippen LogP contribution in [-0.4, -0.2) is 46.7 Å². The van der Waals surface area contributed by atoms with Gasteiger partial charge in [-0.05, 0) is 49.2 Å². The highest BCUT2D eigenvalue weighted by molar-refractivity contribution is 7.99. The van der Waals surface area contributed by atoms with Gasteiger partial charge in [-0.15, -0.1) is 10.2 Å². The van der Waals surface area contributed by atoms with Crippen LogP contribution in [0, 0.1) is 0 Å². The number of thioether (sulfide) groups is 1. The Hall–Kier alpha value is -2.42. The van der Waals surface area contributed by atoms with Crippen molar-refractivity contribution in [2.24, 2.45) is 0 Å². The smallest absolute Gasteiger partial charge is 0.230 e. The van der Waals surface area contributed by atoms with Crippen molar-refractivity contribution in [2.75, 3.05) is 20.0 Å². The first-order chi connectivity index (χ1) is 16.0. The summed E-state index contributed by atoms with van der Waals surface area (Å²) in [6, 6.07) is 11.0. The largest absolute Gasteiger partial charge is 0.496 e. The van der Waals surface area contributed by atoms with Crippen LogP contribution in [0.25, 0.3) is 17.1 Å². The monoisotopic (exact) mass is 506 g/mol. The number of rotatable bonds is 8. The molecule has 7 nitrogen and oxygen atoms in total. The molecule has 0 radical (unpaired) electrons. The number of aromatic nitrogens is 3. The van der Waals surface area contributed by atoms with E-state index in [1.54, 1.807) is 44.6 Å². The summed E-state index contributed by atoms with van der Waals surface area (Å²) in [6.45, 7) is 0. The van der Waals surface area contributed by atoms with E-state index < -0.39 is 0 Å². The number of halogens is 2. The number of amides is 1. The Balaban J connectivity index is 1.70. The first-order valence-electron chi connectivity index (χ1n) is 10.6. The van der Waals surface area contributed by atoms with Gasteiger partial charge in [0, 0.05) is 11.1 Å². The van der Waals surface area contributed by atoms with Gasteiger partial charge in [-0.2, -0.15) is 0 Å². The van der Waals surface area contributed by atoms with E-state index in [4.69, 9.17) is 32.7 Å². The molecule has 0 spiro atoms. The maximum Gasteiger partial charge on any atom is 0.230 e. The van der Waals surface area contributed by atoms with Crippen molar-refractivity contribution in [1.82, 2.24) is 20.1 Å². The van der Waals surface area contributed by atoms with Crippen LogP contribution in [0.5, 0.6) is 11.5 Å². The SMILES string of the molecule is COc1ccc(-n2c(SCC(=O)NC3CCCC3)nnc2-c2cc(Cl)ccc2OC)cc1Cl. The van der Waals surface area contributed by atoms with E-state index in [1.165, 1.54) is 11.8 Å². The molecule has 1 aromatic heterocycles. The lowest BCUT2D eigenvalue weighted by molar-refractivity contribution is -0.119. The molecule has 1 aliphatic rings. The number of carbonyl (C=O) groups is 1. The molecule has 1 heterocycles. The maximum absolute atomic E-state index is 12.5. The topological polar surface area (TPSA) is 78.3 Å². The minimum atomic E-state index is -0.0175. The first kappa shape index (κ1) is 23.7. The van der Waals surface area contributed by atoms with E-state index in [1.807, 2.05) is 10.6 Å². The first-order valence-corrected chi connectivity index (χ1v) is 12.3. The second-order valence-electron chi connectivity index (χ2n) is 7.64. The summed E-state index contributed by atoms with van der Waals surface area (Å²) in [5.41, 5.74) is 1.40. The molecule has 2 aromatic carbocycles. The summed E-state index contributed by atoms with van der Waals surface area (Å²) in [7, 11) is 3.15. The highest BCUT2D eigenvalue weighted by Crippen LogP contribution is 2.36. The molecule has 0 bridgehead atoms. The molecule has 1 amide bonds. The number of ether oxygens (including phenoxy) is 2. The number of hydrogen-bond acceptors (Lipinski definition) is 6. The predicted octanol–water partition coefficient (Wildman–Crippen LogP) is 5.41. The molecule has 174 valence electrons. The van der Waals surface area contributed by atoms with Gasteiger partial charge in [0.05, 0.1) is 36.2 Å². The van der Waals surface area contributed by atoms with Crippen molar-refractivity contribution in [3.63, 3.8) is 0 Å². The number of hydrogen-bond donors (Lipinski definition) is 1. The number of methoxy groups -OCH3 is 2. The zero-order chi connectivity index (χ0) is 23.4. The molecule has 10 heteroatoms. The maximum atomic E-state index is 12.5. The third-order valence-electron chi connectivity index (χ3n) is 5.48. The minimum absolute atomic E-state index is 0.0175. The van der Waals surface area contributed by atoms with Crippen LogP contribution < -0.4 is 14.8 Å². The molecule has 0 aliphatic heterocycles. The van der Waals surface area contributed by atoms with Crippen LogP contribution in [0.3, 0.4) is 0 Å². The summed E-state index contributed by atoms with van der Waals surface area (Å²) >= 11 is 14.0. The van der Waals surface area contributed by atoms with E-state index >= 15 is 0 Å². The normalized spacial score (nSPS) is 13.8. The summed E-state index contributed by atoms with van der Waals surface area (Å²) in [6.07, 6.45) is 4.40. The molecule has 33 heavy (non-hydrogen) atoms. The number of nitrogens with zero attached hydrogens (tertiary/aromatic N) is 3. The molecule has 1 N–H and O–H groups in total. The average Bonchev–Trinajstić information content (AvgIpc) is 3.47. The van der Waals surface area contributed by atoms with E-state index in [0.29, 0.717) is 38.1 Å². The predicted molar refractivity (Wildman–Crippen MR) is 131 cm³/mol. The Morgan fingerprint density at radius 2 is 1.82 bits per heavy atom. The highest BCUT2D eigenvalue weighted by Gasteiger charge is 2.22. The average molecular weight is 507 g/mol. The second-order valence-corrected chi connectivity index (χ2v) is 9.43. The van der Waals surface area contributed by atoms with Crippen molar-refractivity contribution < 1.29 is 14.3 Å². The summed E-state index contributed by atoms with van der Waals surface area (Å²) < 4.78 is 12.7. The van der Waals surface area contributed by atoms with E-state index in [2.05, 4.69) is 15.5 Å². The van der Waals surface area contributed by atoms with Gasteiger partial charge in [-0.1, -0.05) is 47.8 Å². The van der Waals surface area contributed by atoms with E-state index in [9.17, 15) is 4.79 Å². The van der Waals surface area contributed by atoms with Crippen molar-refractivity contribution in [3.05, 3.63) is 46.4 Å². The molecule has 1 saturated carbocycles. The Morgan fingerprint density at radius 3 is 2.52 bits per heavy atom. The van der Waals surface area contributed by atoms with Gasteiger partial charge < -0.3 is 14.8 Å². The van der Waals surface area contributed by atoms with Gasteiger partial charge in [0.1, 0.15) is 11.5 Å². The molecule has 0 atom stereocenters. The molecule has 4 rings (SSSR count). The third-order valence-corrected chi connectivity index (χ3v) is 6.94. The molecular weight excluding hydrogens is 483 g/mol. The van der Waals surface area contributed by atoms with Gasteiger partial charge in [0.2, 0.25) is 5.91 Å². The van der Waals surface area contributed by atoms with Gasteiger partial charge in [0.25, 0.3) is 0 Å². The van der Waals surface area contributed by atoms with Crippen LogP contribution in [-0.2, 0) is 4.79 Å². The third kappa shape index (κ3) is 5.39. The van der Waals surface area contributed by atoms with Gasteiger partial charge in [-0.3, -0.25) is 9.36 Å². The lowest BCUT2D eigenvalue weighted by Gasteiger charge is -2.14. The van der Waals surface area contributed by atoms with Crippen molar-refractivity contribution in [1.29, 1.82) is 0 Å². The number of nitrogens with one attached hydrogen (secondary N) is 1. The second kappa shape index (κ2) is 10.7. The Bertz CT molecular complexity index is 1150. The van der Waals surface area contributed by atoms with Crippen molar-refractivity contribution in [3.8, 4) is 28.6 Å². The Labute approximate surface area is 206 Å². The summed E-state index contributed by atoms with van der Waals surface area (Å²) in [4.78, 5) is 12.5.